The Bertz CT molecular complexity index is 373. The van der Waals surface area contributed by atoms with Gasteiger partial charge in [0.25, 0.3) is 0 Å². The molecule has 1 aromatic rings. The van der Waals surface area contributed by atoms with Gasteiger partial charge in [-0.2, -0.15) is 5.26 Å². The monoisotopic (exact) mass is 172 g/mol. The van der Waals surface area contributed by atoms with E-state index in [4.69, 9.17) is 10.1 Å². The Kier molecular flexibility index (Phi) is 1.99. The van der Waals surface area contributed by atoms with E-state index in [0.29, 0.717) is 12.2 Å². The van der Waals surface area contributed by atoms with Crippen LogP contribution >= 0.6 is 0 Å². The van der Waals surface area contributed by atoms with E-state index >= 15 is 0 Å². The van der Waals surface area contributed by atoms with Gasteiger partial charge in [-0.3, -0.25) is 10.3 Å². The second kappa shape index (κ2) is 3.30. The second-order valence-corrected chi connectivity index (χ2v) is 2.72. The maximum atomic E-state index is 8.59. The van der Waals surface area contributed by atoms with Crippen molar-refractivity contribution in [3.05, 3.63) is 41.5 Å². The number of nitriles is 1. The fourth-order valence-electron chi connectivity index (χ4n) is 1.19. The van der Waals surface area contributed by atoms with E-state index < -0.39 is 0 Å². The minimum atomic E-state index is 0.593. The number of rotatable bonds is 1. The molecule has 2 rings (SSSR count). The summed E-state index contributed by atoms with van der Waals surface area (Å²) in [7, 11) is 0. The zero-order valence-corrected chi connectivity index (χ0v) is 6.95. The summed E-state index contributed by atoms with van der Waals surface area (Å²) in [5.74, 6) is 0. The fourth-order valence-corrected chi connectivity index (χ4v) is 1.19. The third-order valence-corrected chi connectivity index (χ3v) is 1.88. The van der Waals surface area contributed by atoms with Crippen LogP contribution in [0.1, 0.15) is 11.1 Å². The van der Waals surface area contributed by atoms with Crippen molar-refractivity contribution in [1.82, 2.24) is 5.48 Å². The van der Waals surface area contributed by atoms with Crippen molar-refractivity contribution in [2.45, 2.75) is 0 Å². The highest BCUT2D eigenvalue weighted by molar-refractivity contribution is 5.64. The zero-order chi connectivity index (χ0) is 9.10. The van der Waals surface area contributed by atoms with Gasteiger partial charge in [0.2, 0.25) is 0 Å². The Balaban J connectivity index is 2.28. The van der Waals surface area contributed by atoms with Crippen LogP contribution in [0.5, 0.6) is 0 Å². The van der Waals surface area contributed by atoms with Gasteiger partial charge in [-0.1, -0.05) is 12.1 Å². The molecule has 1 N–H and O–H groups in total. The Hall–Kier alpha value is -1.79. The van der Waals surface area contributed by atoms with E-state index in [0.717, 1.165) is 11.3 Å². The lowest BCUT2D eigenvalue weighted by Crippen LogP contribution is -2.04. The predicted octanol–water partition coefficient (Wildman–Crippen LogP) is 1.43. The number of hydroxylamine groups is 1. The minimum Gasteiger partial charge on any atom is -0.272 e. The Morgan fingerprint density at radius 3 is 2.62 bits per heavy atom. The first kappa shape index (κ1) is 7.84. The first-order valence-electron chi connectivity index (χ1n) is 3.98. The summed E-state index contributed by atoms with van der Waals surface area (Å²) in [5.41, 5.74) is 5.46. The van der Waals surface area contributed by atoms with Crippen LogP contribution in [-0.2, 0) is 4.84 Å². The molecule has 0 aliphatic carbocycles. The maximum Gasteiger partial charge on any atom is 0.0991 e. The van der Waals surface area contributed by atoms with Crippen molar-refractivity contribution in [1.29, 1.82) is 5.26 Å². The van der Waals surface area contributed by atoms with Gasteiger partial charge in [0.1, 0.15) is 0 Å². The topological polar surface area (TPSA) is 45.0 Å². The molecular formula is C10H8N2O. The number of hydrogen-bond acceptors (Lipinski definition) is 3. The number of nitrogens with one attached hydrogen (secondary N) is 1. The van der Waals surface area contributed by atoms with Crippen LogP contribution in [0.15, 0.2) is 30.3 Å². The summed E-state index contributed by atoms with van der Waals surface area (Å²) >= 11 is 0. The quantitative estimate of drug-likeness (QED) is 0.697. The first-order chi connectivity index (χ1) is 6.40. The summed E-state index contributed by atoms with van der Waals surface area (Å²) in [4.78, 5) is 4.96. The smallest absolute Gasteiger partial charge is 0.0991 e. The van der Waals surface area contributed by atoms with E-state index in [-0.39, 0.29) is 0 Å². The molecular weight excluding hydrogens is 164 g/mol. The van der Waals surface area contributed by atoms with Crippen molar-refractivity contribution in [2.75, 3.05) is 6.61 Å². The third-order valence-electron chi connectivity index (χ3n) is 1.88. The Morgan fingerprint density at radius 2 is 2.08 bits per heavy atom. The summed E-state index contributed by atoms with van der Waals surface area (Å²) < 4.78 is 0. The third kappa shape index (κ3) is 1.53. The fraction of sp³-hybridized carbons (Fsp3) is 0.100. The van der Waals surface area contributed by atoms with Gasteiger partial charge in [-0.25, -0.2) is 0 Å². The van der Waals surface area contributed by atoms with Gasteiger partial charge in [0.15, 0.2) is 0 Å². The van der Waals surface area contributed by atoms with Crippen molar-refractivity contribution in [3.8, 4) is 6.07 Å². The number of nitrogens with zero attached hydrogens (tertiary/aromatic N) is 1. The van der Waals surface area contributed by atoms with Gasteiger partial charge in [0, 0.05) is 0 Å². The molecule has 0 saturated heterocycles. The van der Waals surface area contributed by atoms with E-state index in [9.17, 15) is 0 Å². The molecule has 0 aromatic heterocycles. The van der Waals surface area contributed by atoms with Crippen LogP contribution in [0.3, 0.4) is 0 Å². The van der Waals surface area contributed by atoms with Gasteiger partial charge in [0.05, 0.1) is 23.9 Å². The average Bonchev–Trinajstić information content (AvgIpc) is 2.71. The van der Waals surface area contributed by atoms with Crippen molar-refractivity contribution < 1.29 is 4.84 Å². The highest BCUT2D eigenvalue weighted by atomic mass is 16.6. The molecule has 64 valence electrons. The molecule has 1 aliphatic rings. The predicted molar refractivity (Wildman–Crippen MR) is 48.2 cm³/mol. The van der Waals surface area contributed by atoms with Gasteiger partial charge < -0.3 is 0 Å². The standard InChI is InChI=1S/C10H8N2O/c11-7-8-1-3-9(4-2-8)10-5-6-13-12-10/h1-5,12H,6H2. The van der Waals surface area contributed by atoms with Crippen LogP contribution in [0.25, 0.3) is 5.70 Å². The lowest BCUT2D eigenvalue weighted by molar-refractivity contribution is 0.121. The molecule has 1 aliphatic heterocycles. The van der Waals surface area contributed by atoms with E-state index in [1.54, 1.807) is 12.1 Å². The number of benzene rings is 1. The van der Waals surface area contributed by atoms with E-state index in [1.165, 1.54) is 0 Å². The zero-order valence-electron chi connectivity index (χ0n) is 6.95. The van der Waals surface area contributed by atoms with Crippen LogP contribution in [-0.4, -0.2) is 6.61 Å². The van der Waals surface area contributed by atoms with Crippen molar-refractivity contribution in [3.63, 3.8) is 0 Å². The molecule has 3 nitrogen and oxygen atoms in total. The van der Waals surface area contributed by atoms with Crippen LogP contribution in [0.4, 0.5) is 0 Å². The molecule has 0 atom stereocenters. The molecule has 0 bridgehead atoms. The van der Waals surface area contributed by atoms with Crippen LogP contribution in [0, 0.1) is 11.3 Å². The van der Waals surface area contributed by atoms with Crippen molar-refractivity contribution in [2.24, 2.45) is 0 Å². The lowest BCUT2D eigenvalue weighted by atomic mass is 10.1. The van der Waals surface area contributed by atoms with Gasteiger partial charge >= 0.3 is 0 Å². The Labute approximate surface area is 76.2 Å². The SMILES string of the molecule is N#Cc1ccc(C2=CCON2)cc1. The molecule has 13 heavy (non-hydrogen) atoms. The molecule has 0 saturated carbocycles. The van der Waals surface area contributed by atoms with E-state index in [1.807, 2.05) is 18.2 Å². The van der Waals surface area contributed by atoms with Gasteiger partial charge in [-0.05, 0) is 23.8 Å². The van der Waals surface area contributed by atoms with E-state index in [2.05, 4.69) is 11.5 Å². The lowest BCUT2D eigenvalue weighted by Gasteiger charge is -2.02. The maximum absolute atomic E-state index is 8.59. The van der Waals surface area contributed by atoms with Crippen LogP contribution in [0.2, 0.25) is 0 Å². The molecule has 0 amide bonds. The number of hydrogen-bond donors (Lipinski definition) is 1. The molecule has 0 spiro atoms. The minimum absolute atomic E-state index is 0.593. The summed E-state index contributed by atoms with van der Waals surface area (Å²) in [5, 5.41) is 8.59. The second-order valence-electron chi connectivity index (χ2n) is 2.72. The first-order valence-corrected chi connectivity index (χ1v) is 3.98. The van der Waals surface area contributed by atoms with Gasteiger partial charge in [-0.15, -0.1) is 0 Å². The highest BCUT2D eigenvalue weighted by Gasteiger charge is 2.05. The summed E-state index contributed by atoms with van der Waals surface area (Å²) in [6, 6.07) is 9.44. The summed E-state index contributed by atoms with van der Waals surface area (Å²) in [6.07, 6.45) is 1.96. The van der Waals surface area contributed by atoms with Crippen LogP contribution < -0.4 is 5.48 Å². The van der Waals surface area contributed by atoms with Crippen molar-refractivity contribution >= 4 is 5.70 Å². The molecule has 1 heterocycles. The Morgan fingerprint density at radius 1 is 1.31 bits per heavy atom. The molecule has 0 radical (unpaired) electrons. The highest BCUT2D eigenvalue weighted by Crippen LogP contribution is 2.15. The largest absolute Gasteiger partial charge is 0.272 e. The molecule has 0 fully saturated rings. The average molecular weight is 172 g/mol. The molecule has 0 unspecified atom stereocenters. The normalized spacial score (nSPS) is 14.5. The molecule has 3 heteroatoms. The summed E-state index contributed by atoms with van der Waals surface area (Å²) in [6.45, 7) is 0.593. The molecule has 1 aromatic carbocycles.